The largest absolute Gasteiger partial charge is 0.0619 e. The van der Waals surface area contributed by atoms with E-state index in [-0.39, 0.29) is 0 Å². The molecular formula is C40H28. The summed E-state index contributed by atoms with van der Waals surface area (Å²) in [6, 6.07) is 44.6. The third-order valence-corrected chi connectivity index (χ3v) is 8.47. The first-order valence-electron chi connectivity index (χ1n) is 14.1. The van der Waals surface area contributed by atoms with Gasteiger partial charge in [0.2, 0.25) is 0 Å². The van der Waals surface area contributed by atoms with E-state index in [4.69, 9.17) is 0 Å². The molecule has 0 unspecified atom stereocenters. The van der Waals surface area contributed by atoms with Crippen molar-refractivity contribution < 1.29 is 0 Å². The van der Waals surface area contributed by atoms with Crippen molar-refractivity contribution in [2.24, 2.45) is 0 Å². The monoisotopic (exact) mass is 508 g/mol. The molecule has 0 nitrogen and oxygen atoms in total. The first-order chi connectivity index (χ1) is 19.7. The number of hydrogen-bond acceptors (Lipinski definition) is 0. The molecule has 0 atom stereocenters. The molecule has 0 aliphatic heterocycles. The van der Waals surface area contributed by atoms with E-state index in [1.807, 2.05) is 0 Å². The molecule has 6 aromatic rings. The number of allylic oxidation sites excluding steroid dienone is 2. The van der Waals surface area contributed by atoms with Crippen LogP contribution in [0.5, 0.6) is 0 Å². The quantitative estimate of drug-likeness (QED) is 0.208. The van der Waals surface area contributed by atoms with Crippen molar-refractivity contribution in [1.29, 1.82) is 0 Å². The van der Waals surface area contributed by atoms with Gasteiger partial charge in [0.25, 0.3) is 0 Å². The van der Waals surface area contributed by atoms with Crippen LogP contribution in [0.4, 0.5) is 0 Å². The van der Waals surface area contributed by atoms with Crippen molar-refractivity contribution in [3.8, 4) is 0 Å². The van der Waals surface area contributed by atoms with Crippen molar-refractivity contribution in [1.82, 2.24) is 0 Å². The highest BCUT2D eigenvalue weighted by Crippen LogP contribution is 2.34. The molecule has 0 aromatic heterocycles. The SMILES string of the molecule is C1=C(c2ccc3cc(/C=C/c4ccc5cc(C6=Cc7ccccc7C6)ccc5c4)ccc3c2)Cc2ccccc21. The van der Waals surface area contributed by atoms with Crippen LogP contribution < -0.4 is 0 Å². The summed E-state index contributed by atoms with van der Waals surface area (Å²) in [5.41, 5.74) is 13.4. The first kappa shape index (κ1) is 23.0. The zero-order valence-electron chi connectivity index (χ0n) is 22.3. The van der Waals surface area contributed by atoms with Crippen LogP contribution in [-0.4, -0.2) is 0 Å². The van der Waals surface area contributed by atoms with E-state index >= 15 is 0 Å². The smallest absolute Gasteiger partial charge is 0.00137 e. The molecule has 6 aromatic carbocycles. The van der Waals surface area contributed by atoms with Crippen LogP contribution >= 0.6 is 0 Å². The summed E-state index contributed by atoms with van der Waals surface area (Å²) >= 11 is 0. The van der Waals surface area contributed by atoms with Crippen molar-refractivity contribution in [3.63, 3.8) is 0 Å². The number of hydrogen-bond donors (Lipinski definition) is 0. The molecule has 0 heteroatoms. The summed E-state index contributed by atoms with van der Waals surface area (Å²) < 4.78 is 0. The Labute approximate surface area is 235 Å². The fourth-order valence-electron chi connectivity index (χ4n) is 6.26. The topological polar surface area (TPSA) is 0 Å². The Kier molecular flexibility index (Phi) is 5.38. The number of benzene rings is 6. The standard InChI is InChI=1S/C40H28/c1-2-6-30-24-39(23-29(30)5-1)37-17-15-33-19-27(11-13-35(33)21-37)9-10-28-12-14-36-22-38(18-16-34(36)20-28)40-25-31-7-3-4-8-32(31)26-40/h1-23,25H,24,26H2/b10-9+. The average molecular weight is 509 g/mol. The first-order valence-corrected chi connectivity index (χ1v) is 14.1. The van der Waals surface area contributed by atoms with Gasteiger partial charge in [-0.05, 0) is 114 Å². The van der Waals surface area contributed by atoms with Crippen molar-refractivity contribution >= 4 is 57.0 Å². The Morgan fingerprint density at radius 3 is 1.30 bits per heavy atom. The third kappa shape index (κ3) is 4.19. The lowest BCUT2D eigenvalue weighted by molar-refractivity contribution is 1.32. The fourth-order valence-corrected chi connectivity index (χ4v) is 6.26. The summed E-state index contributed by atoms with van der Waals surface area (Å²) in [4.78, 5) is 0. The van der Waals surface area contributed by atoms with Gasteiger partial charge in [0.1, 0.15) is 0 Å². The maximum absolute atomic E-state index is 2.34. The highest BCUT2D eigenvalue weighted by Gasteiger charge is 2.15. The number of fused-ring (bicyclic) bond motifs is 4. The Balaban J connectivity index is 1.01. The van der Waals surface area contributed by atoms with Crippen LogP contribution in [0, 0.1) is 0 Å². The molecule has 0 amide bonds. The van der Waals surface area contributed by atoms with Crippen LogP contribution in [0.1, 0.15) is 44.5 Å². The summed E-state index contributed by atoms with van der Waals surface area (Å²) in [7, 11) is 0. The summed E-state index contributed by atoms with van der Waals surface area (Å²) in [5, 5.41) is 5.12. The Morgan fingerprint density at radius 1 is 0.400 bits per heavy atom. The average Bonchev–Trinajstić information content (AvgIpc) is 3.64. The highest BCUT2D eigenvalue weighted by molar-refractivity contribution is 5.95. The van der Waals surface area contributed by atoms with Gasteiger partial charge in [0.15, 0.2) is 0 Å². The third-order valence-electron chi connectivity index (χ3n) is 8.47. The molecule has 188 valence electrons. The molecule has 40 heavy (non-hydrogen) atoms. The van der Waals surface area contributed by atoms with Gasteiger partial charge >= 0.3 is 0 Å². The minimum atomic E-state index is 1.02. The molecule has 2 aliphatic rings. The van der Waals surface area contributed by atoms with Gasteiger partial charge in [-0.3, -0.25) is 0 Å². The Bertz CT molecular complexity index is 1900. The van der Waals surface area contributed by atoms with Gasteiger partial charge in [0, 0.05) is 0 Å². The van der Waals surface area contributed by atoms with Crippen molar-refractivity contribution in [2.45, 2.75) is 12.8 Å². The van der Waals surface area contributed by atoms with Crippen LogP contribution in [-0.2, 0) is 12.8 Å². The molecule has 2 aliphatic carbocycles. The molecule has 0 saturated heterocycles. The summed E-state index contributed by atoms with van der Waals surface area (Å²) in [5.74, 6) is 0. The van der Waals surface area contributed by atoms with Gasteiger partial charge in [-0.1, -0.05) is 121 Å². The van der Waals surface area contributed by atoms with Crippen molar-refractivity contribution in [3.05, 3.63) is 166 Å². The van der Waals surface area contributed by atoms with Crippen molar-refractivity contribution in [2.75, 3.05) is 0 Å². The highest BCUT2D eigenvalue weighted by atomic mass is 14.2. The second-order valence-electron chi connectivity index (χ2n) is 11.1. The van der Waals surface area contributed by atoms with E-state index in [0.29, 0.717) is 0 Å². The molecule has 0 radical (unpaired) electrons. The van der Waals surface area contributed by atoms with E-state index in [1.54, 1.807) is 0 Å². The molecule has 0 fully saturated rings. The van der Waals surface area contributed by atoms with E-state index < -0.39 is 0 Å². The maximum atomic E-state index is 2.34. The molecule has 0 heterocycles. The lowest BCUT2D eigenvalue weighted by Crippen LogP contribution is -1.86. The second kappa shape index (κ2) is 9.36. The molecule has 0 saturated carbocycles. The molecule has 0 N–H and O–H groups in total. The van der Waals surface area contributed by atoms with Gasteiger partial charge in [0.05, 0.1) is 0 Å². The minimum Gasteiger partial charge on any atom is -0.0619 e. The lowest BCUT2D eigenvalue weighted by Gasteiger charge is -2.07. The van der Waals surface area contributed by atoms with E-state index in [0.717, 1.165) is 12.8 Å². The fraction of sp³-hybridized carbons (Fsp3) is 0.0500. The van der Waals surface area contributed by atoms with Gasteiger partial charge < -0.3 is 0 Å². The van der Waals surface area contributed by atoms with Crippen LogP contribution in [0.2, 0.25) is 0 Å². The Morgan fingerprint density at radius 2 is 0.825 bits per heavy atom. The van der Waals surface area contributed by atoms with Gasteiger partial charge in [-0.2, -0.15) is 0 Å². The lowest BCUT2D eigenvalue weighted by atomic mass is 9.98. The summed E-state index contributed by atoms with van der Waals surface area (Å²) in [6.07, 6.45) is 11.1. The predicted molar refractivity (Wildman–Crippen MR) is 173 cm³/mol. The van der Waals surface area contributed by atoms with Crippen LogP contribution in [0.15, 0.2) is 121 Å². The molecular weight excluding hydrogens is 480 g/mol. The molecule has 8 rings (SSSR count). The number of rotatable bonds is 4. The van der Waals surface area contributed by atoms with Crippen LogP contribution in [0.25, 0.3) is 57.0 Å². The van der Waals surface area contributed by atoms with Crippen LogP contribution in [0.3, 0.4) is 0 Å². The zero-order chi connectivity index (χ0) is 26.5. The second-order valence-corrected chi connectivity index (χ2v) is 11.1. The van der Waals surface area contributed by atoms with E-state index in [9.17, 15) is 0 Å². The molecule has 0 bridgehead atoms. The molecule has 0 spiro atoms. The summed E-state index contributed by atoms with van der Waals surface area (Å²) in [6.45, 7) is 0. The zero-order valence-corrected chi connectivity index (χ0v) is 22.3. The maximum Gasteiger partial charge on any atom is -0.00137 e. The normalized spacial score (nSPS) is 14.0. The van der Waals surface area contributed by atoms with E-state index in [1.165, 1.54) is 77.2 Å². The minimum absolute atomic E-state index is 1.02. The Hall–Kier alpha value is -4.94. The predicted octanol–water partition coefficient (Wildman–Crippen LogP) is 10.4. The van der Waals surface area contributed by atoms with E-state index in [2.05, 4.69) is 146 Å². The van der Waals surface area contributed by atoms with Gasteiger partial charge in [-0.25, -0.2) is 0 Å². The van der Waals surface area contributed by atoms with Gasteiger partial charge in [-0.15, -0.1) is 0 Å².